The molecule has 1 aliphatic rings. The summed E-state index contributed by atoms with van der Waals surface area (Å²) in [6.07, 6.45) is 0. The molecule has 7 heteroatoms. The molecule has 0 saturated carbocycles. The van der Waals surface area contributed by atoms with Crippen LogP contribution in [0.1, 0.15) is 53.3 Å². The van der Waals surface area contributed by atoms with Crippen molar-refractivity contribution in [2.45, 2.75) is 27.7 Å². The maximum absolute atomic E-state index is 12.8. The third kappa shape index (κ3) is 2.60. The number of benzene rings is 5. The first-order chi connectivity index (χ1) is 16.6. The summed E-state index contributed by atoms with van der Waals surface area (Å²) < 4.78 is 9.71. The van der Waals surface area contributed by atoms with Crippen LogP contribution in [0, 0.1) is 27.7 Å². The number of aryl methyl sites for hydroxylation is 4. The Hall–Kier alpha value is -4.03. The van der Waals surface area contributed by atoms with Crippen molar-refractivity contribution in [1.29, 1.82) is 0 Å². The van der Waals surface area contributed by atoms with Crippen molar-refractivity contribution in [2.75, 3.05) is 0 Å². The topological polar surface area (TPSA) is 86.7 Å². The van der Waals surface area contributed by atoms with Crippen molar-refractivity contribution in [3.8, 4) is 0 Å². The van der Waals surface area contributed by atoms with Crippen molar-refractivity contribution >= 4 is 79.1 Å². The quantitative estimate of drug-likeness (QED) is 0.0967. The molecule has 0 N–H and O–H groups in total. The van der Waals surface area contributed by atoms with Crippen molar-refractivity contribution in [3.05, 3.63) is 68.2 Å². The van der Waals surface area contributed by atoms with Crippen LogP contribution in [0.4, 0.5) is 0 Å². The summed E-state index contributed by atoms with van der Waals surface area (Å²) >= 11 is 6.85. The number of hydrogen-bond donors (Lipinski definition) is 0. The number of hydrogen-bond acceptors (Lipinski definition) is 6. The number of carbonyl (C=O) groups is 4. The highest BCUT2D eigenvalue weighted by molar-refractivity contribution is 6.47. The number of carbonyl (C=O) groups excluding carboxylic acids is 4. The Bertz CT molecular complexity index is 1790. The minimum atomic E-state index is -0.736. The molecule has 5 aromatic carbocycles. The standard InChI is InChI=1S/C28H17ClO6/c1-10-5-11(2)19-20-12(3)7-15-22-16(28(33)35-27(15)32)8-17(29)23(25(20)22)21-13(4)6-14(18(10)24(19)21)26(31)34-9-30/h5-9H,1-4H3. The van der Waals surface area contributed by atoms with Gasteiger partial charge in [-0.05, 0) is 89.7 Å². The zero-order valence-electron chi connectivity index (χ0n) is 19.2. The minimum absolute atomic E-state index is 0.127. The number of rotatable bonds is 2. The van der Waals surface area contributed by atoms with Crippen LogP contribution in [0.15, 0.2) is 24.3 Å². The summed E-state index contributed by atoms with van der Waals surface area (Å²) in [7, 11) is 0. The van der Waals surface area contributed by atoms with E-state index in [0.717, 1.165) is 49.2 Å². The second-order valence-corrected chi connectivity index (χ2v) is 9.48. The highest BCUT2D eigenvalue weighted by Gasteiger charge is 2.33. The third-order valence-corrected chi connectivity index (χ3v) is 7.35. The molecule has 0 spiro atoms. The molecule has 172 valence electrons. The summed E-state index contributed by atoms with van der Waals surface area (Å²) in [5.41, 5.74) is 4.23. The zero-order chi connectivity index (χ0) is 24.9. The molecule has 6 nitrogen and oxygen atoms in total. The molecule has 0 bridgehead atoms. The molecular formula is C28H17ClO6. The van der Waals surface area contributed by atoms with Crippen LogP contribution >= 0.6 is 11.6 Å². The minimum Gasteiger partial charge on any atom is -0.392 e. The van der Waals surface area contributed by atoms with Gasteiger partial charge in [0, 0.05) is 26.6 Å². The van der Waals surface area contributed by atoms with Gasteiger partial charge in [-0.25, -0.2) is 14.4 Å². The molecule has 0 saturated heterocycles. The second-order valence-electron chi connectivity index (χ2n) is 9.08. The molecule has 0 aromatic heterocycles. The fourth-order valence-corrected chi connectivity index (χ4v) is 6.17. The Morgan fingerprint density at radius 2 is 1.23 bits per heavy atom. The van der Waals surface area contributed by atoms with Crippen molar-refractivity contribution in [1.82, 2.24) is 0 Å². The zero-order valence-corrected chi connectivity index (χ0v) is 20.0. The average Bonchev–Trinajstić information content (AvgIpc) is 2.79. The molecule has 0 amide bonds. The third-order valence-electron chi connectivity index (χ3n) is 7.05. The highest BCUT2D eigenvalue weighted by atomic mass is 35.5. The molecule has 35 heavy (non-hydrogen) atoms. The molecule has 0 unspecified atom stereocenters. The molecule has 0 aliphatic carbocycles. The maximum atomic E-state index is 12.8. The van der Waals surface area contributed by atoms with Crippen molar-refractivity contribution in [2.24, 2.45) is 0 Å². The lowest BCUT2D eigenvalue weighted by Gasteiger charge is -2.25. The lowest BCUT2D eigenvalue weighted by Crippen LogP contribution is -2.20. The van der Waals surface area contributed by atoms with Gasteiger partial charge < -0.3 is 9.47 Å². The lowest BCUT2D eigenvalue weighted by atomic mass is 9.80. The van der Waals surface area contributed by atoms with E-state index in [4.69, 9.17) is 21.1 Å². The van der Waals surface area contributed by atoms with Crippen LogP contribution in [-0.4, -0.2) is 24.4 Å². The Morgan fingerprint density at radius 1 is 0.714 bits per heavy atom. The van der Waals surface area contributed by atoms with E-state index in [-0.39, 0.29) is 17.6 Å². The van der Waals surface area contributed by atoms with Crippen molar-refractivity contribution < 1.29 is 28.7 Å². The van der Waals surface area contributed by atoms with Crippen LogP contribution < -0.4 is 0 Å². The molecule has 1 aliphatic heterocycles. The normalized spacial score (nSPS) is 13.3. The summed E-state index contributed by atoms with van der Waals surface area (Å²) in [6, 6.07) is 6.96. The molecule has 5 aromatic rings. The van der Waals surface area contributed by atoms with Gasteiger partial charge >= 0.3 is 24.4 Å². The summed E-state index contributed by atoms with van der Waals surface area (Å²) in [6.45, 7) is 7.77. The van der Waals surface area contributed by atoms with E-state index in [1.807, 2.05) is 33.8 Å². The van der Waals surface area contributed by atoms with Gasteiger partial charge in [-0.15, -0.1) is 0 Å². The van der Waals surface area contributed by atoms with E-state index in [9.17, 15) is 19.2 Å². The smallest absolute Gasteiger partial charge is 0.346 e. The molecule has 6 rings (SSSR count). The molecule has 0 radical (unpaired) electrons. The predicted molar refractivity (Wildman–Crippen MR) is 133 cm³/mol. The van der Waals surface area contributed by atoms with Gasteiger partial charge in [-0.2, -0.15) is 0 Å². The number of esters is 3. The molecular weight excluding hydrogens is 468 g/mol. The van der Waals surface area contributed by atoms with Gasteiger partial charge in [0.2, 0.25) is 0 Å². The van der Waals surface area contributed by atoms with E-state index < -0.39 is 17.9 Å². The van der Waals surface area contributed by atoms with E-state index in [2.05, 4.69) is 0 Å². The van der Waals surface area contributed by atoms with Crippen LogP contribution in [0.2, 0.25) is 5.02 Å². The predicted octanol–water partition coefficient (Wildman–Crippen LogP) is 6.25. The monoisotopic (exact) mass is 484 g/mol. The fraction of sp³-hybridized carbons (Fsp3) is 0.143. The van der Waals surface area contributed by atoms with Gasteiger partial charge in [0.1, 0.15) is 0 Å². The van der Waals surface area contributed by atoms with Gasteiger partial charge in [0.15, 0.2) is 0 Å². The maximum Gasteiger partial charge on any atom is 0.346 e. The van der Waals surface area contributed by atoms with Gasteiger partial charge in [-0.1, -0.05) is 17.7 Å². The summed E-state index contributed by atoms with van der Waals surface area (Å²) in [5.74, 6) is -2.16. The fourth-order valence-electron chi connectivity index (χ4n) is 5.88. The molecule has 0 atom stereocenters. The first-order valence-corrected chi connectivity index (χ1v) is 11.3. The van der Waals surface area contributed by atoms with Crippen LogP contribution in [0.5, 0.6) is 0 Å². The Labute approximate surface area is 203 Å². The lowest BCUT2D eigenvalue weighted by molar-refractivity contribution is -0.123. The Kier molecular flexibility index (Phi) is 4.30. The van der Waals surface area contributed by atoms with Gasteiger partial charge in [-0.3, -0.25) is 4.79 Å². The first-order valence-electron chi connectivity index (χ1n) is 10.9. The Morgan fingerprint density at radius 3 is 1.89 bits per heavy atom. The van der Waals surface area contributed by atoms with E-state index >= 15 is 0 Å². The van der Waals surface area contributed by atoms with Gasteiger partial charge in [0.25, 0.3) is 0 Å². The second kappa shape index (κ2) is 6.99. The summed E-state index contributed by atoms with van der Waals surface area (Å²) in [4.78, 5) is 49.1. The van der Waals surface area contributed by atoms with Crippen molar-refractivity contribution in [3.63, 3.8) is 0 Å². The summed E-state index contributed by atoms with van der Waals surface area (Å²) in [5, 5.41) is 6.33. The SMILES string of the molecule is Cc1cc(C)c2c3c(C)cc4c5c(cc(Cl)c(c6c(C)cc(C(=O)OC=O)c1c26)c53)C(=O)OC4=O. The van der Waals surface area contributed by atoms with Gasteiger partial charge in [0.05, 0.1) is 16.7 Å². The number of halogens is 1. The number of ether oxygens (including phenoxy) is 2. The van der Waals surface area contributed by atoms with Crippen LogP contribution in [-0.2, 0) is 14.3 Å². The molecule has 1 heterocycles. The molecule has 0 fully saturated rings. The number of cyclic esters (lactones) is 2. The van der Waals surface area contributed by atoms with E-state index in [0.29, 0.717) is 26.7 Å². The first kappa shape index (κ1) is 21.5. The average molecular weight is 485 g/mol. The Balaban J connectivity index is 2.03. The number of fused-ring (bicyclic) bond motifs is 2. The van der Waals surface area contributed by atoms with E-state index in [1.54, 1.807) is 18.2 Å². The van der Waals surface area contributed by atoms with Crippen LogP contribution in [0.3, 0.4) is 0 Å². The largest absolute Gasteiger partial charge is 0.392 e. The highest BCUT2D eigenvalue weighted by Crippen LogP contribution is 2.50. The van der Waals surface area contributed by atoms with E-state index in [1.165, 1.54) is 0 Å². The van der Waals surface area contributed by atoms with Crippen LogP contribution in [0.25, 0.3) is 43.1 Å².